The van der Waals surface area contributed by atoms with Crippen molar-refractivity contribution in [3.05, 3.63) is 34.6 Å². The zero-order valence-electron chi connectivity index (χ0n) is 11.1. The number of carbonyl (C=O) groups is 2. The van der Waals surface area contributed by atoms with Gasteiger partial charge in [-0.1, -0.05) is 12.2 Å². The Hall–Kier alpha value is -2.55. The van der Waals surface area contributed by atoms with E-state index in [1.54, 1.807) is 17.6 Å². The first-order valence-electron chi connectivity index (χ1n) is 6.09. The number of nitrogens with one attached hydrogen (secondary N) is 1. The highest BCUT2D eigenvalue weighted by Gasteiger charge is 2.31. The molecule has 1 aliphatic rings. The molecule has 1 aliphatic heterocycles. The SMILES string of the molecule is CN1CC(=O)C(=COCc2cc(=S)n3[nH]cnc3n2)C1=O. The molecule has 2 aromatic heterocycles. The smallest absolute Gasteiger partial charge is 0.260 e. The van der Waals surface area contributed by atoms with Crippen molar-refractivity contribution in [2.45, 2.75) is 6.61 Å². The average Bonchev–Trinajstić information content (AvgIpc) is 2.99. The van der Waals surface area contributed by atoms with E-state index in [0.717, 1.165) is 0 Å². The number of carbonyl (C=O) groups excluding carboxylic acids is 2. The molecule has 0 aliphatic carbocycles. The number of Topliss-reactive ketones (excluding diaryl/α,β-unsaturated/α-hetero) is 1. The van der Waals surface area contributed by atoms with Crippen molar-refractivity contribution in [3.8, 4) is 0 Å². The van der Waals surface area contributed by atoms with E-state index in [0.29, 0.717) is 16.1 Å². The van der Waals surface area contributed by atoms with Gasteiger partial charge in [-0.3, -0.25) is 14.7 Å². The minimum Gasteiger partial charge on any atom is -0.494 e. The van der Waals surface area contributed by atoms with Gasteiger partial charge in [-0.05, 0) is 0 Å². The van der Waals surface area contributed by atoms with Crippen molar-refractivity contribution < 1.29 is 14.3 Å². The van der Waals surface area contributed by atoms with Crippen molar-refractivity contribution in [3.63, 3.8) is 0 Å². The van der Waals surface area contributed by atoms with Crippen LogP contribution < -0.4 is 0 Å². The van der Waals surface area contributed by atoms with E-state index in [1.807, 2.05) is 0 Å². The molecule has 0 atom stereocenters. The highest BCUT2D eigenvalue weighted by Crippen LogP contribution is 2.12. The molecule has 21 heavy (non-hydrogen) atoms. The predicted molar refractivity (Wildman–Crippen MR) is 73.7 cm³/mol. The summed E-state index contributed by atoms with van der Waals surface area (Å²) in [6, 6.07) is 1.66. The first-order chi connectivity index (χ1) is 10.1. The average molecular weight is 305 g/mol. The maximum atomic E-state index is 11.7. The molecule has 0 bridgehead atoms. The van der Waals surface area contributed by atoms with Crippen molar-refractivity contribution in [2.75, 3.05) is 13.6 Å². The molecule has 108 valence electrons. The summed E-state index contributed by atoms with van der Waals surface area (Å²) in [6.45, 7) is 0.180. The third-order valence-electron chi connectivity index (χ3n) is 3.01. The summed E-state index contributed by atoms with van der Waals surface area (Å²) in [5.74, 6) is -0.158. The van der Waals surface area contributed by atoms with Crippen LogP contribution >= 0.6 is 12.2 Å². The number of fused-ring (bicyclic) bond motifs is 1. The Morgan fingerprint density at radius 3 is 3.05 bits per heavy atom. The number of ketones is 1. The minimum atomic E-state index is -0.338. The number of hydrogen-bond donors (Lipinski definition) is 1. The molecule has 1 N–H and O–H groups in total. The molecule has 0 radical (unpaired) electrons. The van der Waals surface area contributed by atoms with Gasteiger partial charge in [0.2, 0.25) is 0 Å². The molecule has 0 spiro atoms. The Morgan fingerprint density at radius 1 is 1.52 bits per heavy atom. The van der Waals surface area contributed by atoms with Gasteiger partial charge in [0.05, 0.1) is 18.5 Å². The summed E-state index contributed by atoms with van der Waals surface area (Å²) in [4.78, 5) is 32.8. The lowest BCUT2D eigenvalue weighted by Gasteiger charge is -2.04. The molecule has 3 heterocycles. The van der Waals surface area contributed by atoms with Crippen LogP contribution in [0.15, 0.2) is 24.2 Å². The highest BCUT2D eigenvalue weighted by atomic mass is 32.1. The van der Waals surface area contributed by atoms with Crippen molar-refractivity contribution in [1.29, 1.82) is 0 Å². The van der Waals surface area contributed by atoms with Crippen LogP contribution in [-0.2, 0) is 20.9 Å². The van der Waals surface area contributed by atoms with Gasteiger partial charge in [-0.15, -0.1) is 0 Å². The highest BCUT2D eigenvalue weighted by molar-refractivity contribution is 7.71. The number of hydrogen-bond acceptors (Lipinski definition) is 6. The molecule has 3 rings (SSSR count). The van der Waals surface area contributed by atoms with E-state index >= 15 is 0 Å². The van der Waals surface area contributed by atoms with Crippen LogP contribution in [0.25, 0.3) is 5.78 Å². The van der Waals surface area contributed by atoms with Gasteiger partial charge < -0.3 is 9.64 Å². The van der Waals surface area contributed by atoms with Crippen LogP contribution in [0.5, 0.6) is 0 Å². The number of H-pyrrole nitrogens is 1. The molecule has 2 aromatic rings. The zero-order valence-corrected chi connectivity index (χ0v) is 11.9. The molecule has 0 saturated carbocycles. The summed E-state index contributed by atoms with van der Waals surface area (Å²) in [7, 11) is 1.56. The van der Waals surface area contributed by atoms with Crippen LogP contribution in [0.1, 0.15) is 5.69 Å². The van der Waals surface area contributed by atoms with Crippen molar-refractivity contribution >= 4 is 29.7 Å². The van der Waals surface area contributed by atoms with E-state index in [4.69, 9.17) is 17.0 Å². The van der Waals surface area contributed by atoms with Gasteiger partial charge in [0.15, 0.2) is 5.78 Å². The molecule has 0 aromatic carbocycles. The maximum absolute atomic E-state index is 11.7. The lowest BCUT2D eigenvalue weighted by atomic mass is 10.2. The lowest BCUT2D eigenvalue weighted by Crippen LogP contribution is -2.19. The Labute approximate surface area is 124 Å². The molecule has 1 saturated heterocycles. The minimum absolute atomic E-state index is 0.0475. The van der Waals surface area contributed by atoms with Gasteiger partial charge >= 0.3 is 0 Å². The van der Waals surface area contributed by atoms with Crippen molar-refractivity contribution in [1.82, 2.24) is 24.5 Å². The molecule has 0 unspecified atom stereocenters. The summed E-state index contributed by atoms with van der Waals surface area (Å²) in [6.07, 6.45) is 2.66. The monoisotopic (exact) mass is 305 g/mol. The number of ether oxygens (including phenoxy) is 1. The molecular formula is C12H11N5O3S. The van der Waals surface area contributed by atoms with Crippen LogP contribution in [0.2, 0.25) is 0 Å². The summed E-state index contributed by atoms with van der Waals surface area (Å²) >= 11 is 5.17. The topological polar surface area (TPSA) is 92.6 Å². The second-order valence-corrected chi connectivity index (χ2v) is 4.95. The molecule has 8 nitrogen and oxygen atoms in total. The third kappa shape index (κ3) is 2.42. The van der Waals surface area contributed by atoms with Gasteiger partial charge in [0.25, 0.3) is 11.7 Å². The second kappa shape index (κ2) is 5.09. The first kappa shape index (κ1) is 13.4. The van der Waals surface area contributed by atoms with E-state index in [9.17, 15) is 9.59 Å². The molecule has 1 fully saturated rings. The summed E-state index contributed by atoms with van der Waals surface area (Å²) in [5.41, 5.74) is 0.613. The van der Waals surface area contributed by atoms with E-state index in [2.05, 4.69) is 15.1 Å². The maximum Gasteiger partial charge on any atom is 0.260 e. The van der Waals surface area contributed by atoms with Crippen molar-refractivity contribution in [2.24, 2.45) is 0 Å². The Bertz CT molecular complexity index is 822. The Kier molecular flexibility index (Phi) is 3.26. The zero-order chi connectivity index (χ0) is 15.0. The predicted octanol–water partition coefficient (Wildman–Crippen LogP) is 0.228. The standard InChI is InChI=1S/C12H11N5O3S/c1-16-3-9(18)8(11(16)19)5-20-4-7-2-10(21)17-12(15-7)13-6-14-17/h2,5-6H,3-4H2,1H3,(H,13,14,15). The fourth-order valence-electron chi connectivity index (χ4n) is 1.97. The third-order valence-corrected chi connectivity index (χ3v) is 3.31. The van der Waals surface area contributed by atoms with Gasteiger partial charge in [0.1, 0.15) is 23.1 Å². The van der Waals surface area contributed by atoms with Crippen LogP contribution in [0.3, 0.4) is 0 Å². The number of amides is 1. The molecule has 9 heteroatoms. The fourth-order valence-corrected chi connectivity index (χ4v) is 2.24. The lowest BCUT2D eigenvalue weighted by molar-refractivity contribution is -0.123. The molecule has 1 amide bonds. The Morgan fingerprint density at radius 2 is 2.33 bits per heavy atom. The quantitative estimate of drug-likeness (QED) is 0.378. The van der Waals surface area contributed by atoms with Crippen LogP contribution in [0, 0.1) is 4.64 Å². The number of likely N-dealkylation sites (tertiary alicyclic amines) is 1. The van der Waals surface area contributed by atoms with Gasteiger partial charge in [0, 0.05) is 13.1 Å². The largest absolute Gasteiger partial charge is 0.494 e. The van der Waals surface area contributed by atoms with E-state index < -0.39 is 0 Å². The number of nitrogens with zero attached hydrogens (tertiary/aromatic N) is 4. The Balaban J connectivity index is 1.76. The number of aromatic nitrogens is 4. The van der Waals surface area contributed by atoms with E-state index in [-0.39, 0.29) is 30.4 Å². The van der Waals surface area contributed by atoms with Gasteiger partial charge in [-0.2, -0.15) is 0 Å². The van der Waals surface area contributed by atoms with E-state index in [1.165, 1.54) is 17.5 Å². The van der Waals surface area contributed by atoms with Gasteiger partial charge in [-0.25, -0.2) is 14.5 Å². The first-order valence-corrected chi connectivity index (χ1v) is 6.49. The number of rotatable bonds is 3. The number of likely N-dealkylation sites (N-methyl/N-ethyl adjacent to an activating group) is 1. The van der Waals surface area contributed by atoms with Crippen LogP contribution in [0.4, 0.5) is 0 Å². The fraction of sp³-hybridized carbons (Fsp3) is 0.250. The second-order valence-electron chi connectivity index (χ2n) is 4.54. The summed E-state index contributed by atoms with van der Waals surface area (Å²) < 4.78 is 7.35. The molecular weight excluding hydrogens is 294 g/mol. The van der Waals surface area contributed by atoms with Crippen LogP contribution in [-0.4, -0.2) is 49.8 Å². The summed E-state index contributed by atoms with van der Waals surface area (Å²) in [5, 5.41) is 2.82. The normalized spacial score (nSPS) is 17.2. The number of aromatic amines is 1.